The standard InChI is InChI=1S/C14H18BrFO2/c1-12(2)8-14(17,13(3,4)18-12)9-6-5-7-10(15)11(9)16/h5-7,17H,8H2,1-4H3. The molecular weight excluding hydrogens is 299 g/mol. The fourth-order valence-electron chi connectivity index (χ4n) is 2.88. The number of halogens is 2. The largest absolute Gasteiger partial charge is 0.382 e. The first-order valence-electron chi connectivity index (χ1n) is 5.96. The number of aliphatic hydroxyl groups is 1. The Morgan fingerprint density at radius 3 is 2.39 bits per heavy atom. The van der Waals surface area contributed by atoms with E-state index in [1.54, 1.807) is 32.0 Å². The van der Waals surface area contributed by atoms with Crippen LogP contribution in [0.15, 0.2) is 22.7 Å². The quantitative estimate of drug-likeness (QED) is 0.855. The minimum atomic E-state index is -1.33. The second-order valence-corrected chi connectivity index (χ2v) is 6.86. The van der Waals surface area contributed by atoms with Crippen LogP contribution in [-0.4, -0.2) is 16.3 Å². The van der Waals surface area contributed by atoms with Crippen molar-refractivity contribution in [3.63, 3.8) is 0 Å². The maximum Gasteiger partial charge on any atom is 0.143 e. The summed E-state index contributed by atoms with van der Waals surface area (Å²) in [6.45, 7) is 7.40. The minimum absolute atomic E-state index is 0.285. The van der Waals surface area contributed by atoms with Gasteiger partial charge in [-0.15, -0.1) is 0 Å². The Balaban J connectivity index is 2.58. The van der Waals surface area contributed by atoms with Gasteiger partial charge in [0.1, 0.15) is 11.4 Å². The summed E-state index contributed by atoms with van der Waals surface area (Å²) in [6.07, 6.45) is 0.361. The molecular formula is C14H18BrFO2. The van der Waals surface area contributed by atoms with Crippen molar-refractivity contribution in [2.75, 3.05) is 0 Å². The highest BCUT2D eigenvalue weighted by atomic mass is 79.9. The predicted molar refractivity (Wildman–Crippen MR) is 71.9 cm³/mol. The topological polar surface area (TPSA) is 29.5 Å². The second kappa shape index (κ2) is 4.02. The summed E-state index contributed by atoms with van der Waals surface area (Å²) >= 11 is 3.16. The average Bonchev–Trinajstić information content (AvgIpc) is 2.35. The van der Waals surface area contributed by atoms with E-state index >= 15 is 0 Å². The van der Waals surface area contributed by atoms with Gasteiger partial charge in [-0.05, 0) is 49.7 Å². The molecule has 18 heavy (non-hydrogen) atoms. The highest BCUT2D eigenvalue weighted by molar-refractivity contribution is 9.10. The van der Waals surface area contributed by atoms with E-state index in [-0.39, 0.29) is 5.56 Å². The summed E-state index contributed by atoms with van der Waals surface area (Å²) in [7, 11) is 0. The lowest BCUT2D eigenvalue weighted by molar-refractivity contribution is -0.130. The molecule has 0 amide bonds. The molecule has 2 nitrogen and oxygen atoms in total. The van der Waals surface area contributed by atoms with Crippen molar-refractivity contribution >= 4 is 15.9 Å². The van der Waals surface area contributed by atoms with Gasteiger partial charge < -0.3 is 9.84 Å². The van der Waals surface area contributed by atoms with E-state index in [2.05, 4.69) is 15.9 Å². The number of rotatable bonds is 1. The summed E-state index contributed by atoms with van der Waals surface area (Å²) in [4.78, 5) is 0. The number of hydrogen-bond donors (Lipinski definition) is 1. The maximum atomic E-state index is 14.2. The van der Waals surface area contributed by atoms with Crippen LogP contribution in [0.3, 0.4) is 0 Å². The van der Waals surface area contributed by atoms with Crippen molar-refractivity contribution in [3.05, 3.63) is 34.1 Å². The molecule has 4 heteroatoms. The molecule has 100 valence electrons. The first kappa shape index (κ1) is 14.0. The van der Waals surface area contributed by atoms with Gasteiger partial charge in [0.15, 0.2) is 0 Å². The molecule has 1 aliphatic heterocycles. The van der Waals surface area contributed by atoms with Crippen LogP contribution in [0, 0.1) is 5.82 Å². The van der Waals surface area contributed by atoms with Gasteiger partial charge in [0, 0.05) is 12.0 Å². The van der Waals surface area contributed by atoms with Gasteiger partial charge in [0.2, 0.25) is 0 Å². The van der Waals surface area contributed by atoms with E-state index in [9.17, 15) is 9.50 Å². The minimum Gasteiger partial charge on any atom is -0.382 e. The summed E-state index contributed by atoms with van der Waals surface area (Å²) in [6, 6.07) is 4.96. The van der Waals surface area contributed by atoms with E-state index in [4.69, 9.17) is 4.74 Å². The van der Waals surface area contributed by atoms with Gasteiger partial charge in [0.05, 0.1) is 15.7 Å². The smallest absolute Gasteiger partial charge is 0.143 e. The third kappa shape index (κ3) is 2.00. The molecule has 1 saturated heterocycles. The maximum absolute atomic E-state index is 14.2. The molecule has 1 N–H and O–H groups in total. The lowest BCUT2D eigenvalue weighted by Crippen LogP contribution is -2.44. The molecule has 1 fully saturated rings. The third-order valence-electron chi connectivity index (χ3n) is 3.61. The van der Waals surface area contributed by atoms with Gasteiger partial charge in [-0.3, -0.25) is 0 Å². The Morgan fingerprint density at radius 1 is 1.28 bits per heavy atom. The van der Waals surface area contributed by atoms with Crippen molar-refractivity contribution in [2.45, 2.75) is 50.9 Å². The van der Waals surface area contributed by atoms with E-state index in [0.29, 0.717) is 10.9 Å². The van der Waals surface area contributed by atoms with Crippen LogP contribution in [0.1, 0.15) is 39.7 Å². The predicted octanol–water partition coefficient (Wildman–Crippen LogP) is 3.75. The summed E-state index contributed by atoms with van der Waals surface area (Å²) in [5.41, 5.74) is -2.36. The monoisotopic (exact) mass is 316 g/mol. The summed E-state index contributed by atoms with van der Waals surface area (Å²) in [5, 5.41) is 10.9. The number of hydrogen-bond acceptors (Lipinski definition) is 2. The Morgan fingerprint density at radius 2 is 1.89 bits per heavy atom. The van der Waals surface area contributed by atoms with Crippen LogP contribution in [0.4, 0.5) is 4.39 Å². The highest BCUT2D eigenvalue weighted by Gasteiger charge is 2.58. The van der Waals surface area contributed by atoms with Crippen molar-refractivity contribution in [2.24, 2.45) is 0 Å². The lowest BCUT2D eigenvalue weighted by atomic mass is 9.77. The Bertz CT molecular complexity index is 485. The third-order valence-corrected chi connectivity index (χ3v) is 4.22. The normalized spacial score (nSPS) is 29.5. The van der Waals surface area contributed by atoms with Gasteiger partial charge >= 0.3 is 0 Å². The fraction of sp³-hybridized carbons (Fsp3) is 0.571. The molecule has 0 bridgehead atoms. The van der Waals surface area contributed by atoms with Crippen LogP contribution in [0.25, 0.3) is 0 Å². The molecule has 0 aromatic heterocycles. The van der Waals surface area contributed by atoms with Crippen LogP contribution in [0.2, 0.25) is 0 Å². The average molecular weight is 317 g/mol. The zero-order chi connectivity index (χ0) is 13.8. The van der Waals surface area contributed by atoms with E-state index < -0.39 is 22.6 Å². The molecule has 0 spiro atoms. The SMILES string of the molecule is CC1(C)CC(O)(c2cccc(Br)c2F)C(C)(C)O1. The van der Waals surface area contributed by atoms with Gasteiger partial charge in [0.25, 0.3) is 0 Å². The van der Waals surface area contributed by atoms with E-state index in [1.807, 2.05) is 13.8 Å². The van der Waals surface area contributed by atoms with Crippen LogP contribution in [0.5, 0.6) is 0 Å². The Kier molecular flexibility index (Phi) is 3.12. The molecule has 1 atom stereocenters. The first-order valence-corrected chi connectivity index (χ1v) is 6.75. The van der Waals surface area contributed by atoms with Gasteiger partial charge in [-0.2, -0.15) is 0 Å². The molecule has 1 unspecified atom stereocenters. The van der Waals surface area contributed by atoms with Crippen molar-refractivity contribution in [1.29, 1.82) is 0 Å². The molecule has 1 aromatic rings. The van der Waals surface area contributed by atoms with E-state index in [1.165, 1.54) is 0 Å². The zero-order valence-electron chi connectivity index (χ0n) is 11.1. The highest BCUT2D eigenvalue weighted by Crippen LogP contribution is 2.51. The second-order valence-electron chi connectivity index (χ2n) is 6.01. The molecule has 0 radical (unpaired) electrons. The molecule has 1 aromatic carbocycles. The van der Waals surface area contributed by atoms with Crippen molar-refractivity contribution in [1.82, 2.24) is 0 Å². The van der Waals surface area contributed by atoms with E-state index in [0.717, 1.165) is 0 Å². The number of benzene rings is 1. The van der Waals surface area contributed by atoms with Crippen molar-refractivity contribution in [3.8, 4) is 0 Å². The molecule has 0 saturated carbocycles. The summed E-state index contributed by atoms with van der Waals surface area (Å²) in [5.74, 6) is -0.422. The fourth-order valence-corrected chi connectivity index (χ4v) is 3.25. The lowest BCUT2D eigenvalue weighted by Gasteiger charge is -2.35. The van der Waals surface area contributed by atoms with Crippen LogP contribution < -0.4 is 0 Å². The molecule has 0 aliphatic carbocycles. The summed E-state index contributed by atoms with van der Waals surface area (Å²) < 4.78 is 20.5. The number of ether oxygens (including phenoxy) is 1. The Hall–Kier alpha value is -0.450. The Labute approximate surface area is 115 Å². The van der Waals surface area contributed by atoms with Crippen molar-refractivity contribution < 1.29 is 14.2 Å². The van der Waals surface area contributed by atoms with Gasteiger partial charge in [-0.25, -0.2) is 4.39 Å². The van der Waals surface area contributed by atoms with Crippen LogP contribution >= 0.6 is 15.9 Å². The van der Waals surface area contributed by atoms with Gasteiger partial charge in [-0.1, -0.05) is 12.1 Å². The molecule has 2 rings (SSSR count). The van der Waals surface area contributed by atoms with Crippen LogP contribution in [-0.2, 0) is 10.3 Å². The zero-order valence-corrected chi connectivity index (χ0v) is 12.6. The molecule has 1 heterocycles. The molecule has 1 aliphatic rings. The first-order chi connectivity index (χ1) is 8.09.